The molecule has 2 aliphatic rings. The van der Waals surface area contributed by atoms with Gasteiger partial charge in [0, 0.05) is 26.2 Å². The van der Waals surface area contributed by atoms with Crippen LogP contribution in [-0.2, 0) is 16.6 Å². The number of methoxy groups -OCH3 is 1. The normalized spacial score (nSPS) is 18.3. The number of aliphatic imine (C=N–C) groups is 1. The fourth-order valence-corrected chi connectivity index (χ4v) is 5.96. The average Bonchev–Trinajstić information content (AvgIpc) is 2.81. The highest BCUT2D eigenvalue weighted by Gasteiger charge is 2.43. The van der Waals surface area contributed by atoms with Crippen molar-refractivity contribution in [3.63, 3.8) is 0 Å². The molecule has 0 aliphatic carbocycles. The second-order valence-corrected chi connectivity index (χ2v) is 10.5. The van der Waals surface area contributed by atoms with Crippen LogP contribution >= 0.6 is 12.4 Å². The first-order chi connectivity index (χ1) is 15.3. The molecule has 1 spiro atoms. The van der Waals surface area contributed by atoms with Crippen LogP contribution in [0, 0.1) is 13.8 Å². The Bertz CT molecular complexity index is 1110. The van der Waals surface area contributed by atoms with Gasteiger partial charge in [-0.2, -0.15) is 4.31 Å². The molecule has 33 heavy (non-hydrogen) atoms. The smallest absolute Gasteiger partial charge is 0.243 e. The monoisotopic (exact) mass is 492 g/mol. The molecule has 2 heterocycles. The third-order valence-corrected chi connectivity index (χ3v) is 8.48. The van der Waals surface area contributed by atoms with Crippen LogP contribution in [0.4, 0.5) is 0 Å². The molecule has 0 saturated carbocycles. The van der Waals surface area contributed by atoms with Gasteiger partial charge < -0.3 is 15.4 Å². The molecule has 2 aliphatic heterocycles. The minimum atomic E-state index is -3.51. The number of aryl methyl sites for hydroxylation is 2. The fraction of sp³-hybridized carbons (Fsp3) is 0.458. The van der Waals surface area contributed by atoms with Crippen molar-refractivity contribution in [3.8, 4) is 5.75 Å². The molecule has 0 radical (unpaired) electrons. The van der Waals surface area contributed by atoms with E-state index in [0.29, 0.717) is 43.9 Å². The highest BCUT2D eigenvalue weighted by molar-refractivity contribution is 7.89. The predicted octanol–water partition coefficient (Wildman–Crippen LogP) is 3.05. The molecule has 1 fully saturated rings. The number of nitrogens with zero attached hydrogens (tertiary/aromatic N) is 2. The van der Waals surface area contributed by atoms with Gasteiger partial charge in [-0.3, -0.25) is 4.99 Å². The van der Waals surface area contributed by atoms with Crippen molar-refractivity contribution in [2.75, 3.05) is 33.3 Å². The van der Waals surface area contributed by atoms with Gasteiger partial charge >= 0.3 is 0 Å². The van der Waals surface area contributed by atoms with E-state index in [1.165, 1.54) is 0 Å². The maximum absolute atomic E-state index is 13.2. The fourth-order valence-electron chi connectivity index (χ4n) is 4.44. The third-order valence-electron chi connectivity index (χ3n) is 6.58. The van der Waals surface area contributed by atoms with Gasteiger partial charge in [0.1, 0.15) is 11.6 Å². The number of nitrogens with one attached hydrogen (secondary N) is 2. The number of hydrogen-bond acceptors (Lipinski definition) is 6. The molecule has 0 bridgehead atoms. The van der Waals surface area contributed by atoms with Crippen molar-refractivity contribution in [1.82, 2.24) is 14.9 Å². The van der Waals surface area contributed by atoms with Gasteiger partial charge in [-0.05, 0) is 67.6 Å². The molecule has 2 N–H and O–H groups in total. The number of ether oxygens (including phenoxy) is 1. The lowest BCUT2D eigenvalue weighted by molar-refractivity contribution is 0.241. The topological polar surface area (TPSA) is 83.0 Å². The minimum Gasteiger partial charge on any atom is -0.497 e. The summed E-state index contributed by atoms with van der Waals surface area (Å²) in [6.07, 6.45) is 1.36. The summed E-state index contributed by atoms with van der Waals surface area (Å²) in [6.45, 7) is 7.02. The van der Waals surface area contributed by atoms with Crippen molar-refractivity contribution < 1.29 is 13.2 Å². The lowest BCUT2D eigenvalue weighted by atomic mass is 9.85. The van der Waals surface area contributed by atoms with E-state index in [4.69, 9.17) is 9.73 Å². The second kappa shape index (κ2) is 10.4. The van der Waals surface area contributed by atoms with Crippen LogP contribution in [0.15, 0.2) is 52.4 Å². The van der Waals surface area contributed by atoms with Crippen molar-refractivity contribution >= 4 is 28.3 Å². The van der Waals surface area contributed by atoms with Crippen LogP contribution in [0.3, 0.4) is 0 Å². The van der Waals surface area contributed by atoms with E-state index in [9.17, 15) is 8.42 Å². The molecule has 2 aromatic carbocycles. The number of sulfonamides is 1. The summed E-state index contributed by atoms with van der Waals surface area (Å²) in [5, 5.41) is 7.14. The summed E-state index contributed by atoms with van der Waals surface area (Å²) < 4.78 is 33.4. The molecule has 0 unspecified atom stereocenters. The Hall–Kier alpha value is -2.13. The summed E-state index contributed by atoms with van der Waals surface area (Å²) in [7, 11) is -1.84. The van der Waals surface area contributed by atoms with Gasteiger partial charge in [0.15, 0.2) is 0 Å². The zero-order valence-electron chi connectivity index (χ0n) is 19.4. The average molecular weight is 493 g/mol. The van der Waals surface area contributed by atoms with E-state index in [-0.39, 0.29) is 17.9 Å². The zero-order chi connectivity index (χ0) is 22.8. The Kier molecular flexibility index (Phi) is 8.05. The van der Waals surface area contributed by atoms with E-state index in [0.717, 1.165) is 34.8 Å². The minimum absolute atomic E-state index is 0. The van der Waals surface area contributed by atoms with Gasteiger partial charge in [0.05, 0.1) is 24.1 Å². The molecular formula is C24H33ClN4O3S. The standard InChI is InChI=1S/C24H32N4O3S.ClH/c1-18-7-8-22(15-19(18)2)32(29,30)28-13-9-24(10-14-28)23(25-11-12-27-24)26-17-20-5-4-6-21(16-20)31-3;/h4-8,15-16,27H,9-14,17H2,1-3H3,(H,25,26);1H. The van der Waals surface area contributed by atoms with E-state index < -0.39 is 10.0 Å². The van der Waals surface area contributed by atoms with Crippen molar-refractivity contribution in [2.45, 2.75) is 43.7 Å². The molecule has 2 aromatic rings. The number of benzene rings is 2. The van der Waals surface area contributed by atoms with Gasteiger partial charge in [-0.1, -0.05) is 18.2 Å². The maximum Gasteiger partial charge on any atom is 0.243 e. The summed E-state index contributed by atoms with van der Waals surface area (Å²) in [6, 6.07) is 13.3. The molecule has 0 atom stereocenters. The molecule has 4 rings (SSSR count). The Balaban J connectivity index is 0.00000306. The second-order valence-electron chi connectivity index (χ2n) is 8.59. The SMILES string of the molecule is COc1cccc(CNC2=NCCNC23CCN(S(=O)(=O)c2ccc(C)c(C)c2)CC3)c1.Cl. The van der Waals surface area contributed by atoms with E-state index in [1.54, 1.807) is 23.5 Å². The van der Waals surface area contributed by atoms with Crippen molar-refractivity contribution in [3.05, 3.63) is 59.2 Å². The number of amidine groups is 1. The highest BCUT2D eigenvalue weighted by atomic mass is 35.5. The van der Waals surface area contributed by atoms with Crippen LogP contribution in [0.2, 0.25) is 0 Å². The highest BCUT2D eigenvalue weighted by Crippen LogP contribution is 2.29. The quantitative estimate of drug-likeness (QED) is 0.670. The number of piperidine rings is 1. The molecule has 9 heteroatoms. The summed E-state index contributed by atoms with van der Waals surface area (Å²) in [4.78, 5) is 5.15. The number of halogens is 1. The Morgan fingerprint density at radius 1 is 1.12 bits per heavy atom. The predicted molar refractivity (Wildman–Crippen MR) is 134 cm³/mol. The van der Waals surface area contributed by atoms with Crippen LogP contribution in [0.1, 0.15) is 29.5 Å². The van der Waals surface area contributed by atoms with Gasteiger partial charge in [0.25, 0.3) is 0 Å². The molecule has 7 nitrogen and oxygen atoms in total. The third kappa shape index (κ3) is 5.35. The van der Waals surface area contributed by atoms with Gasteiger partial charge in [0.2, 0.25) is 10.0 Å². The maximum atomic E-state index is 13.2. The molecular weight excluding hydrogens is 460 g/mol. The molecule has 1 saturated heterocycles. The van der Waals surface area contributed by atoms with Crippen LogP contribution in [0.25, 0.3) is 0 Å². The van der Waals surface area contributed by atoms with Crippen LogP contribution in [-0.4, -0.2) is 57.4 Å². The Labute approximate surface area is 203 Å². The first-order valence-electron chi connectivity index (χ1n) is 11.1. The largest absolute Gasteiger partial charge is 0.497 e. The summed E-state index contributed by atoms with van der Waals surface area (Å²) in [5.41, 5.74) is 2.88. The first-order valence-corrected chi connectivity index (χ1v) is 12.5. The number of hydrogen-bond donors (Lipinski definition) is 2. The Morgan fingerprint density at radius 2 is 1.88 bits per heavy atom. The lowest BCUT2D eigenvalue weighted by Gasteiger charge is -2.44. The summed E-state index contributed by atoms with van der Waals surface area (Å²) >= 11 is 0. The first kappa shape index (κ1) is 25.5. The molecule has 0 amide bonds. The molecule has 180 valence electrons. The van der Waals surface area contributed by atoms with E-state index in [2.05, 4.69) is 16.7 Å². The van der Waals surface area contributed by atoms with Crippen molar-refractivity contribution in [2.24, 2.45) is 4.99 Å². The molecule has 0 aromatic heterocycles. The van der Waals surface area contributed by atoms with Crippen LogP contribution in [0.5, 0.6) is 5.75 Å². The zero-order valence-corrected chi connectivity index (χ0v) is 21.1. The Morgan fingerprint density at radius 3 is 2.58 bits per heavy atom. The lowest BCUT2D eigenvalue weighted by Crippen LogP contribution is -2.64. The van der Waals surface area contributed by atoms with Crippen molar-refractivity contribution in [1.29, 1.82) is 0 Å². The van der Waals surface area contributed by atoms with Gasteiger partial charge in [-0.25, -0.2) is 8.42 Å². The van der Waals surface area contributed by atoms with E-state index in [1.807, 2.05) is 38.1 Å². The number of rotatable bonds is 5. The van der Waals surface area contributed by atoms with Crippen LogP contribution < -0.4 is 15.4 Å². The summed E-state index contributed by atoms with van der Waals surface area (Å²) in [5.74, 6) is 1.75. The van der Waals surface area contributed by atoms with E-state index >= 15 is 0 Å². The van der Waals surface area contributed by atoms with Gasteiger partial charge in [-0.15, -0.1) is 12.4 Å².